The van der Waals surface area contributed by atoms with Crippen molar-refractivity contribution in [1.29, 1.82) is 0 Å². The Bertz CT molecular complexity index is 570. The van der Waals surface area contributed by atoms with Gasteiger partial charge in [-0.1, -0.05) is 0 Å². The molecule has 76 valence electrons. The largest absolute Gasteiger partial charge is 0.293 e. The average Bonchev–Trinajstić information content (AvgIpc) is 2.54. The Morgan fingerprint density at radius 2 is 2.36 bits per heavy atom. The minimum atomic E-state index is -3.52. The highest BCUT2D eigenvalue weighted by Crippen LogP contribution is 2.19. The average molecular weight is 251 g/mol. The highest BCUT2D eigenvalue weighted by molar-refractivity contribution is 8.13. The zero-order valence-electron chi connectivity index (χ0n) is 7.27. The molecule has 0 bridgehead atoms. The van der Waals surface area contributed by atoms with Gasteiger partial charge in [-0.25, -0.2) is 13.4 Å². The van der Waals surface area contributed by atoms with Crippen LogP contribution in [0, 0.1) is 6.92 Å². The van der Waals surface area contributed by atoms with Gasteiger partial charge in [0, 0.05) is 22.3 Å². The molecule has 0 saturated carbocycles. The molecule has 14 heavy (non-hydrogen) atoms. The van der Waals surface area contributed by atoms with Gasteiger partial charge in [0.2, 0.25) is 9.05 Å². The summed E-state index contributed by atoms with van der Waals surface area (Å²) in [5, 5.41) is 1.85. The molecule has 0 atom stereocenters. The molecule has 2 rings (SSSR count). The molecule has 0 spiro atoms. The van der Waals surface area contributed by atoms with E-state index in [0.717, 1.165) is 4.96 Å². The van der Waals surface area contributed by atoms with Crippen LogP contribution in [-0.2, 0) is 14.8 Å². The molecule has 0 aromatic carbocycles. The van der Waals surface area contributed by atoms with E-state index in [9.17, 15) is 8.42 Å². The van der Waals surface area contributed by atoms with Gasteiger partial charge < -0.3 is 0 Å². The van der Waals surface area contributed by atoms with Crippen LogP contribution >= 0.6 is 22.0 Å². The van der Waals surface area contributed by atoms with Crippen LogP contribution in [0.5, 0.6) is 0 Å². The zero-order valence-corrected chi connectivity index (χ0v) is 9.66. The van der Waals surface area contributed by atoms with E-state index in [0.29, 0.717) is 11.4 Å². The number of fused-ring (bicyclic) bond motifs is 1. The van der Waals surface area contributed by atoms with E-state index in [1.54, 1.807) is 17.5 Å². The Kier molecular flexibility index (Phi) is 2.29. The molecule has 2 aromatic heterocycles. The lowest BCUT2D eigenvalue weighted by Crippen LogP contribution is -1.99. The number of hydrogen-bond donors (Lipinski definition) is 0. The van der Waals surface area contributed by atoms with Crippen molar-refractivity contribution in [3.8, 4) is 0 Å². The molecule has 7 heteroatoms. The van der Waals surface area contributed by atoms with Crippen molar-refractivity contribution in [1.82, 2.24) is 9.38 Å². The number of hydrogen-bond acceptors (Lipinski definition) is 4. The maximum atomic E-state index is 10.9. The summed E-state index contributed by atoms with van der Waals surface area (Å²) >= 11 is 1.46. The van der Waals surface area contributed by atoms with Crippen molar-refractivity contribution in [2.75, 3.05) is 0 Å². The van der Waals surface area contributed by atoms with E-state index in [1.807, 2.05) is 5.38 Å². The van der Waals surface area contributed by atoms with Crippen LogP contribution in [0.1, 0.15) is 11.4 Å². The number of aromatic nitrogens is 2. The van der Waals surface area contributed by atoms with Gasteiger partial charge in [-0.3, -0.25) is 4.40 Å². The first-order valence-electron chi connectivity index (χ1n) is 3.81. The van der Waals surface area contributed by atoms with Crippen LogP contribution in [-0.4, -0.2) is 17.8 Å². The van der Waals surface area contributed by atoms with Crippen LogP contribution in [0.3, 0.4) is 0 Å². The van der Waals surface area contributed by atoms with Crippen molar-refractivity contribution in [2.24, 2.45) is 0 Å². The summed E-state index contributed by atoms with van der Waals surface area (Å²) in [5.41, 5.74) is 1.34. The van der Waals surface area contributed by atoms with Crippen molar-refractivity contribution >= 4 is 36.0 Å². The second kappa shape index (κ2) is 3.22. The molecule has 2 heterocycles. The minimum absolute atomic E-state index is 0.182. The quantitative estimate of drug-likeness (QED) is 0.764. The van der Waals surface area contributed by atoms with E-state index < -0.39 is 9.05 Å². The van der Waals surface area contributed by atoms with Crippen molar-refractivity contribution in [3.63, 3.8) is 0 Å². The van der Waals surface area contributed by atoms with Gasteiger partial charge >= 0.3 is 0 Å². The number of halogens is 1. The number of imidazole rings is 1. The predicted octanol–water partition coefficient (Wildman–Crippen LogP) is 1.77. The van der Waals surface area contributed by atoms with E-state index >= 15 is 0 Å². The van der Waals surface area contributed by atoms with Crippen molar-refractivity contribution in [2.45, 2.75) is 12.7 Å². The first kappa shape index (κ1) is 9.95. The van der Waals surface area contributed by atoms with E-state index in [2.05, 4.69) is 4.98 Å². The molecule has 0 amide bonds. The fourth-order valence-electron chi connectivity index (χ4n) is 1.28. The molecule has 0 radical (unpaired) electrons. The van der Waals surface area contributed by atoms with Crippen LogP contribution in [0.15, 0.2) is 11.6 Å². The monoisotopic (exact) mass is 250 g/mol. The first-order chi connectivity index (χ1) is 6.47. The molecule has 0 aliphatic rings. The summed E-state index contributed by atoms with van der Waals surface area (Å²) in [6.45, 7) is 1.77. The molecule has 0 aliphatic heterocycles. The summed E-state index contributed by atoms with van der Waals surface area (Å²) in [7, 11) is 1.68. The highest BCUT2D eigenvalue weighted by atomic mass is 35.7. The lowest BCUT2D eigenvalue weighted by atomic mass is 10.4. The number of thiazole rings is 1. The lowest BCUT2D eigenvalue weighted by Gasteiger charge is -1.96. The summed E-state index contributed by atoms with van der Waals surface area (Å²) in [6, 6.07) is 0. The minimum Gasteiger partial charge on any atom is -0.293 e. The third-order valence-electron chi connectivity index (χ3n) is 1.87. The molecular formula is C7H7ClN2O2S2. The van der Waals surface area contributed by atoms with Gasteiger partial charge in [-0.15, -0.1) is 11.3 Å². The zero-order chi connectivity index (χ0) is 10.3. The SMILES string of the molecule is Cc1nc2sccn2c1CS(=O)(=O)Cl. The topological polar surface area (TPSA) is 51.4 Å². The van der Waals surface area contributed by atoms with Gasteiger partial charge in [0.05, 0.1) is 11.4 Å². The first-order valence-corrected chi connectivity index (χ1v) is 7.16. The Hall–Kier alpha value is -0.590. The van der Waals surface area contributed by atoms with E-state index in [4.69, 9.17) is 10.7 Å². The second-order valence-corrected chi connectivity index (χ2v) is 6.53. The molecule has 0 aliphatic carbocycles. The molecule has 0 saturated heterocycles. The predicted molar refractivity (Wildman–Crippen MR) is 56.3 cm³/mol. The Balaban J connectivity index is 2.60. The normalized spacial score (nSPS) is 12.4. The molecule has 2 aromatic rings. The molecule has 0 unspecified atom stereocenters. The maximum Gasteiger partial charge on any atom is 0.238 e. The second-order valence-electron chi connectivity index (χ2n) is 2.88. The Morgan fingerprint density at radius 1 is 1.64 bits per heavy atom. The van der Waals surface area contributed by atoms with Crippen LogP contribution in [0.4, 0.5) is 0 Å². The van der Waals surface area contributed by atoms with Crippen LogP contribution in [0.2, 0.25) is 0 Å². The maximum absolute atomic E-state index is 10.9. The van der Waals surface area contributed by atoms with Gasteiger partial charge in [-0.05, 0) is 6.92 Å². The van der Waals surface area contributed by atoms with Gasteiger partial charge in [0.25, 0.3) is 0 Å². The summed E-state index contributed by atoms with van der Waals surface area (Å²) in [5.74, 6) is -0.182. The standard InChI is InChI=1S/C7H7ClN2O2S2/c1-5-6(4-14(8,11)12)10-2-3-13-7(10)9-5/h2-3H,4H2,1H3. The summed E-state index contributed by atoms with van der Waals surface area (Å²) in [6.07, 6.45) is 1.79. The fourth-order valence-corrected chi connectivity index (χ4v) is 3.04. The van der Waals surface area contributed by atoms with Crippen molar-refractivity contribution in [3.05, 3.63) is 23.0 Å². The smallest absolute Gasteiger partial charge is 0.238 e. The van der Waals surface area contributed by atoms with Crippen LogP contribution in [0.25, 0.3) is 4.96 Å². The number of nitrogens with zero attached hydrogens (tertiary/aromatic N) is 2. The molecule has 0 fully saturated rings. The Morgan fingerprint density at radius 3 is 3.00 bits per heavy atom. The fraction of sp³-hybridized carbons (Fsp3) is 0.286. The van der Waals surface area contributed by atoms with E-state index in [-0.39, 0.29) is 5.75 Å². The lowest BCUT2D eigenvalue weighted by molar-refractivity contribution is 0.608. The summed E-state index contributed by atoms with van der Waals surface area (Å²) in [4.78, 5) is 5.01. The Labute approximate surface area is 89.6 Å². The van der Waals surface area contributed by atoms with Gasteiger partial charge in [-0.2, -0.15) is 0 Å². The third-order valence-corrected chi connectivity index (χ3v) is 3.57. The van der Waals surface area contributed by atoms with Crippen molar-refractivity contribution < 1.29 is 8.42 Å². The number of aryl methyl sites for hydroxylation is 1. The third kappa shape index (κ3) is 1.77. The molecular weight excluding hydrogens is 244 g/mol. The van der Waals surface area contributed by atoms with Gasteiger partial charge in [0.1, 0.15) is 5.75 Å². The number of rotatable bonds is 2. The molecule has 0 N–H and O–H groups in total. The summed E-state index contributed by atoms with van der Waals surface area (Å²) < 4.78 is 23.6. The van der Waals surface area contributed by atoms with Gasteiger partial charge in [0.15, 0.2) is 4.96 Å². The highest BCUT2D eigenvalue weighted by Gasteiger charge is 2.15. The molecule has 4 nitrogen and oxygen atoms in total. The van der Waals surface area contributed by atoms with E-state index in [1.165, 1.54) is 11.3 Å². The van der Waals surface area contributed by atoms with Crippen LogP contribution < -0.4 is 0 Å².